The largest absolute Gasteiger partial charge is 0.493 e. The molecule has 0 N–H and O–H groups in total. The van der Waals surface area contributed by atoms with Crippen molar-refractivity contribution >= 4 is 0 Å². The zero-order valence-corrected chi connectivity index (χ0v) is 5.00. The minimum atomic E-state index is 0.735. The lowest BCUT2D eigenvalue weighted by atomic mass is 10.2. The van der Waals surface area contributed by atoms with Crippen molar-refractivity contribution in [3.63, 3.8) is 0 Å². The quantitative estimate of drug-likeness (QED) is 0.504. The number of rotatable bonds is 0. The molecular weight excluding hydrogens is 112 g/mol. The summed E-state index contributed by atoms with van der Waals surface area (Å²) in [4.78, 5) is 0. The fourth-order valence-electron chi connectivity index (χ4n) is 1.00. The lowest BCUT2D eigenvalue weighted by molar-refractivity contribution is 0.377. The topological polar surface area (TPSA) is 9.23 Å². The molecule has 0 aliphatic carbocycles. The highest BCUT2D eigenvalue weighted by atomic mass is 16.5. The van der Waals surface area contributed by atoms with Crippen molar-refractivity contribution in [3.05, 3.63) is 36.2 Å². The van der Waals surface area contributed by atoms with Crippen molar-refractivity contribution in [2.45, 2.75) is 0 Å². The minimum absolute atomic E-state index is 0.735. The summed E-state index contributed by atoms with van der Waals surface area (Å²) in [5, 5.41) is 0. The molecule has 2 rings (SSSR count). The van der Waals surface area contributed by atoms with Crippen LogP contribution in [0.4, 0.5) is 0 Å². The third-order valence-corrected chi connectivity index (χ3v) is 1.46. The average molecular weight is 119 g/mol. The zero-order chi connectivity index (χ0) is 6.10. The Morgan fingerprint density at radius 2 is 2.11 bits per heavy atom. The number of hydrogen-bond donors (Lipinski definition) is 0. The molecule has 1 aliphatic heterocycles. The smallest absolute Gasteiger partial charge is 0.122 e. The number of fused-ring (bicyclic) bond motifs is 1. The SMILES string of the molecule is [CH]1COc2ccccc21. The van der Waals surface area contributed by atoms with E-state index in [0.717, 1.165) is 12.4 Å². The third kappa shape index (κ3) is 0.689. The van der Waals surface area contributed by atoms with Crippen LogP contribution < -0.4 is 4.74 Å². The highest BCUT2D eigenvalue weighted by Gasteiger charge is 2.08. The summed E-state index contributed by atoms with van der Waals surface area (Å²) < 4.78 is 5.24. The number of hydrogen-bond acceptors (Lipinski definition) is 1. The summed E-state index contributed by atoms with van der Waals surface area (Å²) in [5.74, 6) is 1.01. The molecule has 9 heavy (non-hydrogen) atoms. The molecule has 0 aromatic heterocycles. The van der Waals surface area contributed by atoms with Gasteiger partial charge in [0.05, 0.1) is 6.61 Å². The summed E-state index contributed by atoms with van der Waals surface area (Å²) in [6, 6.07) is 8.04. The molecule has 0 saturated carbocycles. The van der Waals surface area contributed by atoms with Gasteiger partial charge in [0.2, 0.25) is 0 Å². The maximum absolute atomic E-state index is 5.24. The van der Waals surface area contributed by atoms with E-state index in [0.29, 0.717) is 0 Å². The first kappa shape index (κ1) is 4.86. The number of para-hydroxylation sites is 1. The molecule has 1 nitrogen and oxygen atoms in total. The number of benzene rings is 1. The molecular formula is C8H7O. The van der Waals surface area contributed by atoms with Gasteiger partial charge < -0.3 is 4.74 Å². The molecule has 0 spiro atoms. The summed E-state index contributed by atoms with van der Waals surface area (Å²) in [6.45, 7) is 0.735. The minimum Gasteiger partial charge on any atom is -0.493 e. The van der Waals surface area contributed by atoms with E-state index in [4.69, 9.17) is 4.74 Å². The first-order valence-corrected chi connectivity index (χ1v) is 3.02. The molecule has 1 heterocycles. The van der Waals surface area contributed by atoms with Crippen LogP contribution >= 0.6 is 0 Å². The van der Waals surface area contributed by atoms with Crippen LogP contribution in [-0.2, 0) is 0 Å². The van der Waals surface area contributed by atoms with Crippen LogP contribution in [0.15, 0.2) is 24.3 Å². The van der Waals surface area contributed by atoms with E-state index in [2.05, 4.69) is 12.5 Å². The Hall–Kier alpha value is -0.980. The van der Waals surface area contributed by atoms with E-state index in [9.17, 15) is 0 Å². The van der Waals surface area contributed by atoms with Gasteiger partial charge >= 0.3 is 0 Å². The predicted molar refractivity (Wildman–Crippen MR) is 35.3 cm³/mol. The second-order valence-electron chi connectivity index (χ2n) is 2.05. The van der Waals surface area contributed by atoms with E-state index in [1.165, 1.54) is 5.56 Å². The van der Waals surface area contributed by atoms with Gasteiger partial charge in [-0.05, 0) is 6.07 Å². The van der Waals surface area contributed by atoms with Crippen molar-refractivity contribution in [2.75, 3.05) is 6.61 Å². The molecule has 1 aliphatic rings. The fourth-order valence-corrected chi connectivity index (χ4v) is 1.00. The Bertz CT molecular complexity index is 195. The molecule has 1 heteroatoms. The molecule has 0 saturated heterocycles. The van der Waals surface area contributed by atoms with Crippen LogP contribution in [-0.4, -0.2) is 6.61 Å². The van der Waals surface area contributed by atoms with Crippen LogP contribution in [0.25, 0.3) is 0 Å². The maximum Gasteiger partial charge on any atom is 0.122 e. The second kappa shape index (κ2) is 1.76. The second-order valence-corrected chi connectivity index (χ2v) is 2.05. The normalized spacial score (nSPS) is 14.7. The monoisotopic (exact) mass is 119 g/mol. The average Bonchev–Trinajstić information content (AvgIpc) is 2.33. The van der Waals surface area contributed by atoms with E-state index in [-0.39, 0.29) is 0 Å². The van der Waals surface area contributed by atoms with E-state index < -0.39 is 0 Å². The van der Waals surface area contributed by atoms with Crippen molar-refractivity contribution in [3.8, 4) is 5.75 Å². The zero-order valence-electron chi connectivity index (χ0n) is 5.00. The third-order valence-electron chi connectivity index (χ3n) is 1.46. The van der Waals surface area contributed by atoms with Gasteiger partial charge in [0.1, 0.15) is 5.75 Å². The molecule has 0 unspecified atom stereocenters. The van der Waals surface area contributed by atoms with Gasteiger partial charge in [-0.25, -0.2) is 0 Å². The fraction of sp³-hybridized carbons (Fsp3) is 0.125. The maximum atomic E-state index is 5.24. The van der Waals surface area contributed by atoms with E-state index >= 15 is 0 Å². The first-order valence-electron chi connectivity index (χ1n) is 3.02. The molecule has 45 valence electrons. The first-order chi connectivity index (χ1) is 4.47. The molecule has 0 amide bonds. The van der Waals surface area contributed by atoms with Gasteiger partial charge in [0.25, 0.3) is 0 Å². The Labute approximate surface area is 54.3 Å². The molecule has 1 aromatic carbocycles. The Kier molecular flexibility index (Phi) is 0.950. The lowest BCUT2D eigenvalue weighted by Crippen LogP contribution is -1.83. The van der Waals surface area contributed by atoms with Crippen LogP contribution in [0.2, 0.25) is 0 Å². The standard InChI is InChI=1S/C8H7O/c1-2-4-8-7(3-1)5-6-9-8/h1-5H,6H2. The number of ether oxygens (including phenoxy) is 1. The van der Waals surface area contributed by atoms with Gasteiger partial charge in [-0.1, -0.05) is 18.2 Å². The predicted octanol–water partition coefficient (Wildman–Crippen LogP) is 1.63. The Morgan fingerprint density at radius 1 is 1.22 bits per heavy atom. The molecule has 0 atom stereocenters. The van der Waals surface area contributed by atoms with Crippen LogP contribution in [0.5, 0.6) is 5.75 Å². The van der Waals surface area contributed by atoms with Gasteiger partial charge in [0.15, 0.2) is 0 Å². The van der Waals surface area contributed by atoms with Crippen molar-refractivity contribution in [1.82, 2.24) is 0 Å². The van der Waals surface area contributed by atoms with Crippen molar-refractivity contribution in [2.24, 2.45) is 0 Å². The summed E-state index contributed by atoms with van der Waals surface area (Å²) >= 11 is 0. The van der Waals surface area contributed by atoms with Gasteiger partial charge in [-0.15, -0.1) is 0 Å². The molecule has 0 fully saturated rings. The molecule has 0 bridgehead atoms. The van der Waals surface area contributed by atoms with Crippen LogP contribution in [0.3, 0.4) is 0 Å². The van der Waals surface area contributed by atoms with Crippen molar-refractivity contribution in [1.29, 1.82) is 0 Å². The summed E-state index contributed by atoms with van der Waals surface area (Å²) in [7, 11) is 0. The van der Waals surface area contributed by atoms with E-state index in [1.54, 1.807) is 0 Å². The van der Waals surface area contributed by atoms with E-state index in [1.807, 2.05) is 18.2 Å². The van der Waals surface area contributed by atoms with Crippen LogP contribution in [0, 0.1) is 6.42 Å². The molecule has 1 radical (unpaired) electrons. The lowest BCUT2D eigenvalue weighted by Gasteiger charge is -1.93. The van der Waals surface area contributed by atoms with Gasteiger partial charge in [-0.2, -0.15) is 0 Å². The summed E-state index contributed by atoms with van der Waals surface area (Å²) in [5.41, 5.74) is 1.22. The Balaban J connectivity index is 2.54. The highest BCUT2D eigenvalue weighted by molar-refractivity contribution is 5.41. The highest BCUT2D eigenvalue weighted by Crippen LogP contribution is 2.24. The van der Waals surface area contributed by atoms with Gasteiger partial charge in [0, 0.05) is 12.0 Å². The molecule has 1 aromatic rings. The van der Waals surface area contributed by atoms with Crippen molar-refractivity contribution < 1.29 is 4.74 Å². The summed E-state index contributed by atoms with van der Waals surface area (Å²) in [6.07, 6.45) is 2.08. The Morgan fingerprint density at radius 3 is 3.00 bits per heavy atom. The van der Waals surface area contributed by atoms with Crippen LogP contribution in [0.1, 0.15) is 5.56 Å². The van der Waals surface area contributed by atoms with Gasteiger partial charge in [-0.3, -0.25) is 0 Å².